The largest absolute Gasteiger partial charge is 0.384 e. The third kappa shape index (κ3) is 4.03. The van der Waals surface area contributed by atoms with Crippen LogP contribution in [0.5, 0.6) is 0 Å². The van der Waals surface area contributed by atoms with E-state index in [1.54, 1.807) is 0 Å². The summed E-state index contributed by atoms with van der Waals surface area (Å²) in [5, 5.41) is 0. The van der Waals surface area contributed by atoms with Gasteiger partial charge in [0.15, 0.2) is 0 Å². The zero-order valence-electron chi connectivity index (χ0n) is 12.1. The lowest BCUT2D eigenvalue weighted by molar-refractivity contribution is -0.0305. The minimum Gasteiger partial charge on any atom is -0.384 e. The Hall–Kier alpha value is -1.91. The molecule has 1 aromatic carbocycles. The number of hydrogen-bond acceptors (Lipinski definition) is 4. The Balaban J connectivity index is 1.57. The summed E-state index contributed by atoms with van der Waals surface area (Å²) >= 11 is 0. The van der Waals surface area contributed by atoms with Gasteiger partial charge in [-0.2, -0.15) is 0 Å². The van der Waals surface area contributed by atoms with E-state index in [-0.39, 0.29) is 6.10 Å². The molecule has 2 heterocycles. The number of anilines is 1. The first-order valence-corrected chi connectivity index (χ1v) is 7.38. The summed E-state index contributed by atoms with van der Waals surface area (Å²) in [5.74, 6) is 0.572. The van der Waals surface area contributed by atoms with Crippen LogP contribution in [0, 0.1) is 0 Å². The number of pyridine rings is 1. The molecule has 2 N–H and O–H groups in total. The molecule has 0 saturated carbocycles. The average Bonchev–Trinajstić information content (AvgIpc) is 2.51. The summed E-state index contributed by atoms with van der Waals surface area (Å²) in [6.07, 6.45) is 3.09. The minimum atomic E-state index is 0.267. The maximum absolute atomic E-state index is 5.89. The van der Waals surface area contributed by atoms with Crippen molar-refractivity contribution in [2.24, 2.45) is 0 Å². The summed E-state index contributed by atoms with van der Waals surface area (Å²) in [6, 6.07) is 14.4. The Bertz CT molecular complexity index is 556. The lowest BCUT2D eigenvalue weighted by atomic mass is 10.1. The molecular weight excluding hydrogens is 262 g/mol. The van der Waals surface area contributed by atoms with Crippen LogP contribution < -0.4 is 5.73 Å². The molecule has 1 aliphatic heterocycles. The number of benzene rings is 1. The number of nitrogens with two attached hydrogens (primary N) is 1. The Morgan fingerprint density at radius 2 is 2.00 bits per heavy atom. The van der Waals surface area contributed by atoms with Crippen LogP contribution in [0.1, 0.15) is 11.1 Å². The van der Waals surface area contributed by atoms with E-state index in [1.165, 1.54) is 11.1 Å². The molecule has 0 bridgehead atoms. The van der Waals surface area contributed by atoms with Crippen LogP contribution in [0.15, 0.2) is 48.7 Å². The molecule has 4 nitrogen and oxygen atoms in total. The van der Waals surface area contributed by atoms with E-state index in [0.29, 0.717) is 5.82 Å². The first-order chi connectivity index (χ1) is 10.3. The summed E-state index contributed by atoms with van der Waals surface area (Å²) in [4.78, 5) is 6.57. The van der Waals surface area contributed by atoms with Crippen LogP contribution in [0.2, 0.25) is 0 Å². The third-order valence-corrected chi connectivity index (χ3v) is 3.78. The molecule has 0 radical (unpaired) electrons. The van der Waals surface area contributed by atoms with E-state index in [2.05, 4.69) is 34.1 Å². The fraction of sp³-hybridized carbons (Fsp3) is 0.353. The number of rotatable bonds is 4. The standard InChI is InChI=1S/C17H21N3O/c18-17-7-6-15(11-19-17)12-20-8-9-21-16(13-20)10-14-4-2-1-3-5-14/h1-7,11,16H,8-10,12-13H2,(H2,18,19). The highest BCUT2D eigenvalue weighted by Crippen LogP contribution is 2.14. The SMILES string of the molecule is Nc1ccc(CN2CCOC(Cc3ccccc3)C2)cn1. The number of nitrogens with zero attached hydrogens (tertiary/aromatic N) is 2. The number of ether oxygens (including phenoxy) is 1. The molecular formula is C17H21N3O. The van der Waals surface area contributed by atoms with E-state index in [9.17, 15) is 0 Å². The van der Waals surface area contributed by atoms with Gasteiger partial charge in [0.25, 0.3) is 0 Å². The molecule has 4 heteroatoms. The van der Waals surface area contributed by atoms with Gasteiger partial charge in [0.2, 0.25) is 0 Å². The molecule has 1 saturated heterocycles. The second kappa shape index (κ2) is 6.70. The Kier molecular flexibility index (Phi) is 4.48. The smallest absolute Gasteiger partial charge is 0.123 e. The van der Waals surface area contributed by atoms with Gasteiger partial charge in [-0.1, -0.05) is 36.4 Å². The molecule has 2 aromatic rings. The fourth-order valence-corrected chi connectivity index (χ4v) is 2.71. The number of nitrogen functional groups attached to an aromatic ring is 1. The van der Waals surface area contributed by atoms with Gasteiger partial charge >= 0.3 is 0 Å². The van der Waals surface area contributed by atoms with Crippen LogP contribution in [-0.4, -0.2) is 35.7 Å². The monoisotopic (exact) mass is 283 g/mol. The van der Waals surface area contributed by atoms with Crippen molar-refractivity contribution < 1.29 is 4.74 Å². The Morgan fingerprint density at radius 3 is 2.76 bits per heavy atom. The third-order valence-electron chi connectivity index (χ3n) is 3.78. The molecule has 110 valence electrons. The van der Waals surface area contributed by atoms with Gasteiger partial charge in [0.1, 0.15) is 5.82 Å². The molecule has 1 aliphatic rings. The van der Waals surface area contributed by atoms with E-state index >= 15 is 0 Å². The zero-order valence-corrected chi connectivity index (χ0v) is 12.1. The van der Waals surface area contributed by atoms with E-state index in [1.807, 2.05) is 24.4 Å². The highest BCUT2D eigenvalue weighted by atomic mass is 16.5. The maximum Gasteiger partial charge on any atom is 0.123 e. The normalized spacial score (nSPS) is 19.5. The van der Waals surface area contributed by atoms with Crippen molar-refractivity contribution >= 4 is 5.82 Å². The summed E-state index contributed by atoms with van der Waals surface area (Å²) in [5.41, 5.74) is 8.15. The van der Waals surface area contributed by atoms with E-state index in [4.69, 9.17) is 10.5 Å². The van der Waals surface area contributed by atoms with E-state index in [0.717, 1.165) is 32.7 Å². The van der Waals surface area contributed by atoms with Crippen molar-refractivity contribution in [1.29, 1.82) is 0 Å². The number of hydrogen-bond donors (Lipinski definition) is 1. The number of aromatic nitrogens is 1. The van der Waals surface area contributed by atoms with Gasteiger partial charge in [-0.15, -0.1) is 0 Å². The van der Waals surface area contributed by atoms with Gasteiger partial charge in [-0.25, -0.2) is 4.98 Å². The van der Waals surface area contributed by atoms with Crippen LogP contribution in [-0.2, 0) is 17.7 Å². The highest BCUT2D eigenvalue weighted by Gasteiger charge is 2.20. The quantitative estimate of drug-likeness (QED) is 0.933. The molecule has 21 heavy (non-hydrogen) atoms. The van der Waals surface area contributed by atoms with Crippen LogP contribution in [0.4, 0.5) is 5.82 Å². The number of morpholine rings is 1. The second-order valence-corrected chi connectivity index (χ2v) is 5.51. The van der Waals surface area contributed by atoms with Crippen molar-refractivity contribution in [2.75, 3.05) is 25.4 Å². The Labute approximate surface area is 125 Å². The maximum atomic E-state index is 5.89. The lowest BCUT2D eigenvalue weighted by Crippen LogP contribution is -2.42. The molecule has 0 aliphatic carbocycles. The molecule has 1 aromatic heterocycles. The first kappa shape index (κ1) is 14.0. The van der Waals surface area contributed by atoms with Gasteiger partial charge in [0, 0.05) is 25.8 Å². The first-order valence-electron chi connectivity index (χ1n) is 7.38. The van der Waals surface area contributed by atoms with Gasteiger partial charge in [0.05, 0.1) is 12.7 Å². The summed E-state index contributed by atoms with van der Waals surface area (Å²) in [7, 11) is 0. The minimum absolute atomic E-state index is 0.267. The molecule has 0 amide bonds. The van der Waals surface area contributed by atoms with Crippen LogP contribution in [0.25, 0.3) is 0 Å². The van der Waals surface area contributed by atoms with Gasteiger partial charge < -0.3 is 10.5 Å². The van der Waals surface area contributed by atoms with Gasteiger partial charge in [-0.05, 0) is 23.6 Å². The van der Waals surface area contributed by atoms with Crippen molar-refractivity contribution in [2.45, 2.75) is 19.1 Å². The Morgan fingerprint density at radius 1 is 1.14 bits per heavy atom. The molecule has 0 spiro atoms. The molecule has 1 unspecified atom stereocenters. The fourth-order valence-electron chi connectivity index (χ4n) is 2.71. The predicted octanol–water partition coefficient (Wildman–Crippen LogP) is 2.11. The average molecular weight is 283 g/mol. The highest BCUT2D eigenvalue weighted by molar-refractivity contribution is 5.29. The topological polar surface area (TPSA) is 51.4 Å². The molecule has 1 fully saturated rings. The van der Waals surface area contributed by atoms with Crippen molar-refractivity contribution in [3.05, 3.63) is 59.8 Å². The van der Waals surface area contributed by atoms with Crippen LogP contribution in [0.3, 0.4) is 0 Å². The predicted molar refractivity (Wildman–Crippen MR) is 83.8 cm³/mol. The van der Waals surface area contributed by atoms with Crippen molar-refractivity contribution in [1.82, 2.24) is 9.88 Å². The zero-order chi connectivity index (χ0) is 14.5. The molecule has 3 rings (SSSR count). The van der Waals surface area contributed by atoms with Gasteiger partial charge in [-0.3, -0.25) is 4.90 Å². The lowest BCUT2D eigenvalue weighted by Gasteiger charge is -2.33. The second-order valence-electron chi connectivity index (χ2n) is 5.51. The van der Waals surface area contributed by atoms with Crippen LogP contribution >= 0.6 is 0 Å². The van der Waals surface area contributed by atoms with E-state index < -0.39 is 0 Å². The molecule has 1 atom stereocenters. The summed E-state index contributed by atoms with van der Waals surface area (Å²) in [6.45, 7) is 3.62. The van der Waals surface area contributed by atoms with Crippen molar-refractivity contribution in [3.63, 3.8) is 0 Å². The van der Waals surface area contributed by atoms with Crippen molar-refractivity contribution in [3.8, 4) is 0 Å². The summed E-state index contributed by atoms with van der Waals surface area (Å²) < 4.78 is 5.89.